The third-order valence-corrected chi connectivity index (χ3v) is 5.55. The van der Waals surface area contributed by atoms with Crippen molar-refractivity contribution in [1.82, 2.24) is 10.3 Å². The van der Waals surface area contributed by atoms with Gasteiger partial charge in [0.05, 0.1) is 29.0 Å². The first-order chi connectivity index (χ1) is 16.7. The number of aryl methyl sites for hydroxylation is 1. The molecule has 2 amide bonds. The molecule has 6 N–H and O–H groups in total. The number of aromatic nitrogens is 1. The summed E-state index contributed by atoms with van der Waals surface area (Å²) in [7, 11) is 0. The molecular formula is C25H28F3N5O2. The van der Waals surface area contributed by atoms with E-state index < -0.39 is 35.6 Å². The smallest absolute Gasteiger partial charge is 0.343 e. The van der Waals surface area contributed by atoms with Crippen molar-refractivity contribution in [1.29, 1.82) is 0 Å². The number of nitrogens with one attached hydrogen (secondary N) is 2. The number of carbonyl (C=O) groups is 2. The van der Waals surface area contributed by atoms with E-state index in [-0.39, 0.29) is 12.8 Å². The molecule has 35 heavy (non-hydrogen) atoms. The number of nitrogens with zero attached hydrogens (tertiary/aromatic N) is 1. The Kier molecular flexibility index (Phi) is 8.78. The molecule has 0 fully saturated rings. The number of rotatable bonds is 10. The van der Waals surface area contributed by atoms with Crippen molar-refractivity contribution in [3.8, 4) is 0 Å². The molecule has 0 spiro atoms. The molecule has 186 valence electrons. The predicted octanol–water partition coefficient (Wildman–Crippen LogP) is 3.38. The summed E-state index contributed by atoms with van der Waals surface area (Å²) in [5.41, 5.74) is 12.5. The predicted molar refractivity (Wildman–Crippen MR) is 128 cm³/mol. The summed E-state index contributed by atoms with van der Waals surface area (Å²) in [5.74, 6) is -0.976. The van der Waals surface area contributed by atoms with Crippen molar-refractivity contribution in [2.45, 2.75) is 43.9 Å². The van der Waals surface area contributed by atoms with E-state index in [2.05, 4.69) is 15.6 Å². The van der Waals surface area contributed by atoms with Gasteiger partial charge in [-0.3, -0.25) is 14.6 Å². The van der Waals surface area contributed by atoms with Crippen LogP contribution in [0.5, 0.6) is 0 Å². The number of amides is 2. The summed E-state index contributed by atoms with van der Waals surface area (Å²) in [6, 6.07) is 12.1. The number of pyridine rings is 1. The summed E-state index contributed by atoms with van der Waals surface area (Å²) >= 11 is 0. The Hall–Kier alpha value is -3.50. The Morgan fingerprint density at radius 3 is 2.40 bits per heavy atom. The van der Waals surface area contributed by atoms with Crippen molar-refractivity contribution in [2.75, 3.05) is 11.9 Å². The molecule has 1 heterocycles. The lowest BCUT2D eigenvalue weighted by Gasteiger charge is -2.21. The van der Waals surface area contributed by atoms with Crippen LogP contribution in [0.15, 0.2) is 60.8 Å². The zero-order valence-corrected chi connectivity index (χ0v) is 19.0. The van der Waals surface area contributed by atoms with Crippen molar-refractivity contribution >= 4 is 28.4 Å². The van der Waals surface area contributed by atoms with Gasteiger partial charge in [-0.05, 0) is 62.1 Å². The second kappa shape index (κ2) is 11.8. The van der Waals surface area contributed by atoms with E-state index >= 15 is 0 Å². The molecule has 1 aromatic heterocycles. The van der Waals surface area contributed by atoms with Gasteiger partial charge >= 0.3 is 6.18 Å². The number of carbonyl (C=O) groups excluding carboxylic acids is 2. The fourth-order valence-corrected chi connectivity index (χ4v) is 3.56. The molecule has 0 saturated heterocycles. The lowest BCUT2D eigenvalue weighted by atomic mass is 10.0. The number of para-hydroxylation sites is 1. The topological polar surface area (TPSA) is 123 Å². The molecule has 0 unspecified atom stereocenters. The molecule has 2 atom stereocenters. The molecule has 2 aromatic carbocycles. The van der Waals surface area contributed by atoms with Crippen molar-refractivity contribution in [3.63, 3.8) is 0 Å². The van der Waals surface area contributed by atoms with Crippen LogP contribution in [0.3, 0.4) is 0 Å². The molecule has 0 bridgehead atoms. The number of alkyl halides is 3. The van der Waals surface area contributed by atoms with Gasteiger partial charge in [0, 0.05) is 5.39 Å². The highest BCUT2D eigenvalue weighted by atomic mass is 19.4. The minimum absolute atomic E-state index is 0.160. The lowest BCUT2D eigenvalue weighted by Crippen LogP contribution is -2.50. The van der Waals surface area contributed by atoms with Crippen molar-refractivity contribution in [3.05, 3.63) is 71.9 Å². The Bertz CT molecular complexity index is 1150. The fourth-order valence-electron chi connectivity index (χ4n) is 3.56. The van der Waals surface area contributed by atoms with E-state index in [1.54, 1.807) is 6.07 Å². The minimum atomic E-state index is -4.43. The number of fused-ring (bicyclic) bond motifs is 1. The molecule has 3 aromatic rings. The number of hydrogen-bond acceptors (Lipinski definition) is 5. The second-order valence-electron chi connectivity index (χ2n) is 8.24. The van der Waals surface area contributed by atoms with Gasteiger partial charge in [0.15, 0.2) is 0 Å². The van der Waals surface area contributed by atoms with Crippen LogP contribution in [0.1, 0.15) is 30.4 Å². The maximum Gasteiger partial charge on any atom is 0.416 e. The van der Waals surface area contributed by atoms with Gasteiger partial charge in [0.25, 0.3) is 0 Å². The molecule has 3 rings (SSSR count). The summed E-state index contributed by atoms with van der Waals surface area (Å²) in [4.78, 5) is 29.9. The monoisotopic (exact) mass is 487 g/mol. The van der Waals surface area contributed by atoms with Crippen LogP contribution in [-0.2, 0) is 22.2 Å². The van der Waals surface area contributed by atoms with Gasteiger partial charge in [0.1, 0.15) is 6.04 Å². The number of hydrogen-bond donors (Lipinski definition) is 4. The van der Waals surface area contributed by atoms with Crippen LogP contribution in [-0.4, -0.2) is 35.4 Å². The highest BCUT2D eigenvalue weighted by Gasteiger charge is 2.30. The average Bonchev–Trinajstić information content (AvgIpc) is 2.84. The Morgan fingerprint density at radius 2 is 1.71 bits per heavy atom. The number of anilines is 1. The lowest BCUT2D eigenvalue weighted by molar-refractivity contribution is -0.137. The van der Waals surface area contributed by atoms with E-state index in [0.29, 0.717) is 30.6 Å². The first-order valence-corrected chi connectivity index (χ1v) is 11.2. The third kappa shape index (κ3) is 7.49. The first kappa shape index (κ1) is 26.1. The summed E-state index contributed by atoms with van der Waals surface area (Å²) < 4.78 is 38.5. The third-order valence-electron chi connectivity index (χ3n) is 5.55. The largest absolute Gasteiger partial charge is 0.416 e. The minimum Gasteiger partial charge on any atom is -0.343 e. The van der Waals surface area contributed by atoms with Gasteiger partial charge in [-0.1, -0.05) is 30.3 Å². The highest BCUT2D eigenvalue weighted by Crippen LogP contribution is 2.29. The molecule has 0 aliphatic rings. The Labute approximate surface area is 201 Å². The molecule has 7 nitrogen and oxygen atoms in total. The number of nitrogens with two attached hydrogens (primary N) is 2. The maximum absolute atomic E-state index is 13.1. The van der Waals surface area contributed by atoms with Crippen LogP contribution >= 0.6 is 0 Å². The van der Waals surface area contributed by atoms with E-state index in [1.807, 2.05) is 24.3 Å². The van der Waals surface area contributed by atoms with Crippen LogP contribution in [0.2, 0.25) is 0 Å². The second-order valence-corrected chi connectivity index (χ2v) is 8.24. The zero-order valence-electron chi connectivity index (χ0n) is 19.0. The molecule has 0 saturated carbocycles. The Morgan fingerprint density at radius 1 is 1.00 bits per heavy atom. The van der Waals surface area contributed by atoms with Gasteiger partial charge in [0.2, 0.25) is 11.8 Å². The highest BCUT2D eigenvalue weighted by molar-refractivity contribution is 5.98. The Balaban J connectivity index is 1.72. The van der Waals surface area contributed by atoms with Gasteiger partial charge < -0.3 is 22.1 Å². The molecule has 10 heteroatoms. The molecule has 0 aliphatic carbocycles. The van der Waals surface area contributed by atoms with Crippen LogP contribution in [0.4, 0.5) is 18.9 Å². The normalized spacial score (nSPS) is 13.3. The SMILES string of the molecule is NCCC[C@H](N)C(=O)N[C@H](CCc1ccc(C(F)(F)F)cc1)C(=O)Nc1cnc2ccccc2c1. The fraction of sp³-hybridized carbons (Fsp3) is 0.320. The molecule has 0 aliphatic heterocycles. The number of halogens is 3. The van der Waals surface area contributed by atoms with Crippen LogP contribution in [0, 0.1) is 0 Å². The van der Waals surface area contributed by atoms with E-state index in [9.17, 15) is 22.8 Å². The molecule has 0 radical (unpaired) electrons. The van der Waals surface area contributed by atoms with E-state index in [1.165, 1.54) is 18.3 Å². The molecular weight excluding hydrogens is 459 g/mol. The van der Waals surface area contributed by atoms with Crippen LogP contribution in [0.25, 0.3) is 10.9 Å². The first-order valence-electron chi connectivity index (χ1n) is 11.2. The standard InChI is InChI=1S/C25H28F3N5O2/c26-25(27,28)18-10-7-16(8-11-18)9-12-22(33-23(34)20(30)5-3-13-29)24(35)32-19-14-17-4-1-2-6-21(17)31-15-19/h1-2,4,6-8,10-11,14-15,20,22H,3,5,9,12-13,29-30H2,(H,32,35)(H,33,34)/t20-,22+/m0/s1. The number of benzene rings is 2. The van der Waals surface area contributed by atoms with Gasteiger partial charge in [-0.2, -0.15) is 13.2 Å². The average molecular weight is 488 g/mol. The van der Waals surface area contributed by atoms with Crippen molar-refractivity contribution in [2.24, 2.45) is 11.5 Å². The summed E-state index contributed by atoms with van der Waals surface area (Å²) in [6.07, 6.45) is -1.56. The van der Waals surface area contributed by atoms with Gasteiger partial charge in [-0.25, -0.2) is 0 Å². The van der Waals surface area contributed by atoms with Crippen LogP contribution < -0.4 is 22.1 Å². The van der Waals surface area contributed by atoms with Crippen molar-refractivity contribution < 1.29 is 22.8 Å². The van der Waals surface area contributed by atoms with Gasteiger partial charge in [-0.15, -0.1) is 0 Å². The van der Waals surface area contributed by atoms with E-state index in [0.717, 1.165) is 23.0 Å². The zero-order chi connectivity index (χ0) is 25.4. The summed E-state index contributed by atoms with van der Waals surface area (Å²) in [5, 5.41) is 6.27. The maximum atomic E-state index is 13.1. The summed E-state index contributed by atoms with van der Waals surface area (Å²) in [6.45, 7) is 0.383. The quantitative estimate of drug-likeness (QED) is 0.349. The van der Waals surface area contributed by atoms with E-state index in [4.69, 9.17) is 11.5 Å².